The van der Waals surface area contributed by atoms with Gasteiger partial charge in [-0.2, -0.15) is 5.26 Å². The van der Waals surface area contributed by atoms with Crippen LogP contribution in [0.3, 0.4) is 0 Å². The van der Waals surface area contributed by atoms with Gasteiger partial charge in [0, 0.05) is 10.5 Å². The first kappa shape index (κ1) is 14.1. The van der Waals surface area contributed by atoms with Gasteiger partial charge < -0.3 is 11.1 Å². The van der Waals surface area contributed by atoms with Crippen molar-refractivity contribution in [1.29, 1.82) is 5.26 Å². The molecule has 0 radical (unpaired) electrons. The van der Waals surface area contributed by atoms with Crippen molar-refractivity contribution in [2.24, 2.45) is 0 Å². The Kier molecular flexibility index (Phi) is 4.27. The zero-order valence-corrected chi connectivity index (χ0v) is 13.3. The first-order valence-corrected chi connectivity index (χ1v) is 7.09. The maximum atomic E-state index is 13.5. The highest BCUT2D eigenvalue weighted by molar-refractivity contribution is 14.1. The van der Waals surface area contributed by atoms with Gasteiger partial charge in [0.25, 0.3) is 0 Å². The topological polar surface area (TPSA) is 61.8 Å². The van der Waals surface area contributed by atoms with Crippen molar-refractivity contribution in [2.45, 2.75) is 0 Å². The molecule has 0 aromatic heterocycles. The molecule has 19 heavy (non-hydrogen) atoms. The monoisotopic (exact) mass is 431 g/mol. The van der Waals surface area contributed by atoms with Crippen LogP contribution in [0, 0.1) is 20.7 Å². The van der Waals surface area contributed by atoms with Gasteiger partial charge in [-0.15, -0.1) is 0 Å². The maximum Gasteiger partial charge on any atom is 0.138 e. The minimum Gasteiger partial charge on any atom is -0.397 e. The Labute approximate surface area is 131 Å². The molecule has 0 bridgehead atoms. The second-order valence-electron chi connectivity index (χ2n) is 3.78. The number of nitrogens with zero attached hydrogens (tertiary/aromatic N) is 1. The molecule has 6 heteroatoms. The summed E-state index contributed by atoms with van der Waals surface area (Å²) in [6, 6.07) is 10.1. The lowest BCUT2D eigenvalue weighted by Crippen LogP contribution is -2.00. The summed E-state index contributed by atoms with van der Waals surface area (Å²) in [5.74, 6) is -0.356. The molecule has 0 aliphatic rings. The molecule has 0 spiro atoms. The van der Waals surface area contributed by atoms with E-state index in [4.69, 9.17) is 11.0 Å². The third-order valence-corrected chi connectivity index (χ3v) is 3.78. The summed E-state index contributed by atoms with van der Waals surface area (Å²) in [6.45, 7) is 0. The van der Waals surface area contributed by atoms with Gasteiger partial charge in [0.05, 0.1) is 26.2 Å². The number of hydrogen-bond donors (Lipinski definition) is 2. The molecule has 0 amide bonds. The Bertz CT molecular complexity index is 682. The molecule has 0 fully saturated rings. The molecule has 0 aliphatic heterocycles. The van der Waals surface area contributed by atoms with E-state index in [1.807, 2.05) is 22.6 Å². The minimum atomic E-state index is -0.356. The van der Waals surface area contributed by atoms with Gasteiger partial charge in [0.2, 0.25) is 0 Å². The fraction of sp³-hybridized carbons (Fsp3) is 0. The average Bonchev–Trinajstić information content (AvgIpc) is 2.36. The summed E-state index contributed by atoms with van der Waals surface area (Å²) < 4.78 is 14.8. The van der Waals surface area contributed by atoms with Crippen LogP contribution < -0.4 is 11.1 Å². The van der Waals surface area contributed by atoms with E-state index in [2.05, 4.69) is 27.3 Å². The number of anilines is 3. The van der Waals surface area contributed by atoms with Crippen LogP contribution in [0.4, 0.5) is 21.5 Å². The van der Waals surface area contributed by atoms with E-state index in [0.717, 1.165) is 4.47 Å². The van der Waals surface area contributed by atoms with Crippen LogP contribution in [0.2, 0.25) is 0 Å². The number of nitrogens with one attached hydrogen (secondary N) is 1. The van der Waals surface area contributed by atoms with E-state index in [9.17, 15) is 4.39 Å². The summed E-state index contributed by atoms with van der Waals surface area (Å²) in [5.41, 5.74) is 7.74. The van der Waals surface area contributed by atoms with Crippen molar-refractivity contribution in [3.05, 3.63) is 49.8 Å². The first-order chi connectivity index (χ1) is 9.01. The van der Waals surface area contributed by atoms with Gasteiger partial charge in [-0.25, -0.2) is 4.39 Å². The Morgan fingerprint density at radius 3 is 2.68 bits per heavy atom. The molecule has 0 saturated heterocycles. The van der Waals surface area contributed by atoms with E-state index >= 15 is 0 Å². The van der Waals surface area contributed by atoms with Crippen LogP contribution in [0.25, 0.3) is 0 Å². The lowest BCUT2D eigenvalue weighted by atomic mass is 10.2. The number of benzene rings is 2. The smallest absolute Gasteiger partial charge is 0.138 e. The zero-order valence-electron chi connectivity index (χ0n) is 9.55. The number of hydrogen-bond acceptors (Lipinski definition) is 3. The van der Waals surface area contributed by atoms with Gasteiger partial charge in [0.1, 0.15) is 11.9 Å². The third kappa shape index (κ3) is 3.16. The van der Waals surface area contributed by atoms with Gasteiger partial charge in [-0.1, -0.05) is 15.9 Å². The molecule has 0 aliphatic carbocycles. The molecule has 0 saturated carbocycles. The molecule has 3 N–H and O–H groups in total. The van der Waals surface area contributed by atoms with Crippen molar-refractivity contribution in [1.82, 2.24) is 0 Å². The molecular formula is C13H8BrFIN3. The Morgan fingerprint density at radius 2 is 2.00 bits per heavy atom. The van der Waals surface area contributed by atoms with E-state index < -0.39 is 0 Å². The molecule has 2 rings (SSSR count). The highest BCUT2D eigenvalue weighted by Gasteiger charge is 2.09. The number of rotatable bonds is 2. The van der Waals surface area contributed by atoms with Crippen molar-refractivity contribution in [3.63, 3.8) is 0 Å². The van der Waals surface area contributed by atoms with E-state index in [1.165, 1.54) is 6.07 Å². The van der Waals surface area contributed by atoms with Crippen LogP contribution >= 0.6 is 38.5 Å². The average molecular weight is 432 g/mol. The van der Waals surface area contributed by atoms with Crippen LogP contribution in [-0.4, -0.2) is 0 Å². The van der Waals surface area contributed by atoms with Crippen molar-refractivity contribution in [2.75, 3.05) is 11.1 Å². The predicted octanol–water partition coefficient (Wildman–Crippen LogP) is 4.39. The maximum absolute atomic E-state index is 13.5. The lowest BCUT2D eigenvalue weighted by molar-refractivity contribution is 0.621. The number of nitriles is 1. The summed E-state index contributed by atoms with van der Waals surface area (Å²) in [4.78, 5) is 0. The SMILES string of the molecule is N#Cc1ccc(Br)cc1Nc1cc(F)c(I)cc1N. The Hall–Kier alpha value is -1.33. The highest BCUT2D eigenvalue weighted by Crippen LogP contribution is 2.30. The van der Waals surface area contributed by atoms with E-state index in [-0.39, 0.29) is 5.82 Å². The predicted molar refractivity (Wildman–Crippen MR) is 85.7 cm³/mol. The molecule has 0 unspecified atom stereocenters. The Morgan fingerprint density at radius 1 is 1.26 bits per heavy atom. The molecule has 0 heterocycles. The van der Waals surface area contributed by atoms with Crippen LogP contribution in [0.5, 0.6) is 0 Å². The Balaban J connectivity index is 2.45. The van der Waals surface area contributed by atoms with Gasteiger partial charge in [-0.3, -0.25) is 0 Å². The zero-order chi connectivity index (χ0) is 14.0. The number of nitrogen functional groups attached to an aromatic ring is 1. The lowest BCUT2D eigenvalue weighted by Gasteiger charge is -2.12. The summed E-state index contributed by atoms with van der Waals surface area (Å²) in [7, 11) is 0. The number of nitrogens with two attached hydrogens (primary N) is 1. The second-order valence-corrected chi connectivity index (χ2v) is 5.86. The van der Waals surface area contributed by atoms with Crippen molar-refractivity contribution in [3.8, 4) is 6.07 Å². The number of halogens is 3. The van der Waals surface area contributed by atoms with Crippen LogP contribution in [0.1, 0.15) is 5.56 Å². The van der Waals surface area contributed by atoms with Crippen LogP contribution in [0.15, 0.2) is 34.8 Å². The molecule has 2 aromatic rings. The summed E-state index contributed by atoms with van der Waals surface area (Å²) in [6.07, 6.45) is 0. The second kappa shape index (κ2) is 5.75. The fourth-order valence-electron chi connectivity index (χ4n) is 1.53. The molecule has 0 atom stereocenters. The van der Waals surface area contributed by atoms with Gasteiger partial charge in [-0.05, 0) is 46.9 Å². The molecule has 3 nitrogen and oxygen atoms in total. The first-order valence-electron chi connectivity index (χ1n) is 5.22. The standard InChI is InChI=1S/C13H8BrFIN3/c14-8-2-1-7(6-17)12(3-8)19-13-4-9(15)10(16)5-11(13)18/h1-5,19H,18H2. The molecule has 2 aromatic carbocycles. The van der Waals surface area contributed by atoms with Gasteiger partial charge in [0.15, 0.2) is 0 Å². The largest absolute Gasteiger partial charge is 0.397 e. The summed E-state index contributed by atoms with van der Waals surface area (Å²) >= 11 is 5.20. The molecule has 96 valence electrons. The normalized spacial score (nSPS) is 10.0. The van der Waals surface area contributed by atoms with Crippen molar-refractivity contribution >= 4 is 55.6 Å². The van der Waals surface area contributed by atoms with Crippen LogP contribution in [-0.2, 0) is 0 Å². The van der Waals surface area contributed by atoms with E-state index in [1.54, 1.807) is 24.3 Å². The highest BCUT2D eigenvalue weighted by atomic mass is 127. The van der Waals surface area contributed by atoms with Gasteiger partial charge >= 0.3 is 0 Å². The fourth-order valence-corrected chi connectivity index (χ4v) is 2.39. The summed E-state index contributed by atoms with van der Waals surface area (Å²) in [5, 5.41) is 12.0. The third-order valence-electron chi connectivity index (χ3n) is 2.46. The van der Waals surface area contributed by atoms with Crippen molar-refractivity contribution < 1.29 is 4.39 Å². The van der Waals surface area contributed by atoms with E-state index in [0.29, 0.717) is 26.2 Å². The molecular weight excluding hydrogens is 424 g/mol. The quantitative estimate of drug-likeness (QED) is 0.547. The minimum absolute atomic E-state index is 0.356.